The summed E-state index contributed by atoms with van der Waals surface area (Å²) in [6.45, 7) is 0. The quantitative estimate of drug-likeness (QED) is 0.381. The van der Waals surface area contributed by atoms with Crippen LogP contribution in [0.25, 0.3) is 10.4 Å². The molecular formula is C14H6BrN3O2. The van der Waals surface area contributed by atoms with Crippen LogP contribution >= 0.6 is 15.9 Å². The van der Waals surface area contributed by atoms with Crippen LogP contribution in [0, 0.1) is 0 Å². The number of hydrogen-bond donors (Lipinski definition) is 0. The number of benzene rings is 2. The van der Waals surface area contributed by atoms with Gasteiger partial charge in [0.15, 0.2) is 11.6 Å². The Labute approximate surface area is 122 Å². The molecule has 0 bridgehead atoms. The lowest BCUT2D eigenvalue weighted by Crippen LogP contribution is -2.20. The number of halogens is 1. The molecule has 0 radical (unpaired) electrons. The van der Waals surface area contributed by atoms with Crippen LogP contribution in [-0.2, 0) is 0 Å². The first-order chi connectivity index (χ1) is 9.65. The van der Waals surface area contributed by atoms with Gasteiger partial charge < -0.3 is 0 Å². The number of carbonyl (C=O) groups excluding carboxylic acids is 2. The third-order valence-electron chi connectivity index (χ3n) is 3.16. The van der Waals surface area contributed by atoms with Gasteiger partial charge >= 0.3 is 0 Å². The molecule has 0 saturated carbocycles. The van der Waals surface area contributed by atoms with E-state index in [1.807, 2.05) is 0 Å². The van der Waals surface area contributed by atoms with E-state index >= 15 is 0 Å². The highest BCUT2D eigenvalue weighted by Crippen LogP contribution is 2.38. The molecule has 0 fully saturated rings. The molecule has 2 aromatic carbocycles. The zero-order valence-electron chi connectivity index (χ0n) is 10.0. The van der Waals surface area contributed by atoms with Crippen LogP contribution in [0.3, 0.4) is 0 Å². The Morgan fingerprint density at radius 1 is 0.950 bits per heavy atom. The van der Waals surface area contributed by atoms with Crippen molar-refractivity contribution in [2.75, 3.05) is 0 Å². The monoisotopic (exact) mass is 327 g/mol. The van der Waals surface area contributed by atoms with Gasteiger partial charge in [0, 0.05) is 31.6 Å². The van der Waals surface area contributed by atoms with Crippen molar-refractivity contribution in [1.82, 2.24) is 0 Å². The van der Waals surface area contributed by atoms with E-state index < -0.39 is 0 Å². The maximum absolute atomic E-state index is 12.5. The van der Waals surface area contributed by atoms with Crippen molar-refractivity contribution in [1.29, 1.82) is 0 Å². The second-order valence-electron chi connectivity index (χ2n) is 4.21. The van der Waals surface area contributed by atoms with Crippen LogP contribution in [0.15, 0.2) is 46.0 Å². The second kappa shape index (κ2) is 4.59. The summed E-state index contributed by atoms with van der Waals surface area (Å²) in [4.78, 5) is 27.7. The number of nitrogens with zero attached hydrogens (tertiary/aromatic N) is 3. The van der Waals surface area contributed by atoms with E-state index in [1.54, 1.807) is 36.4 Å². The predicted octanol–water partition coefficient (Wildman–Crippen LogP) is 4.17. The molecule has 3 rings (SSSR count). The summed E-state index contributed by atoms with van der Waals surface area (Å²) in [7, 11) is 0. The molecule has 0 atom stereocenters. The minimum Gasteiger partial charge on any atom is -0.289 e. The van der Waals surface area contributed by atoms with Gasteiger partial charge in [-0.3, -0.25) is 9.59 Å². The lowest BCUT2D eigenvalue weighted by molar-refractivity contribution is 0.0979. The van der Waals surface area contributed by atoms with Gasteiger partial charge in [-0.2, -0.15) is 0 Å². The molecule has 1 aliphatic carbocycles. The molecule has 0 saturated heterocycles. The molecule has 0 aliphatic heterocycles. The molecule has 6 heteroatoms. The fourth-order valence-electron chi connectivity index (χ4n) is 2.29. The average molecular weight is 328 g/mol. The highest BCUT2D eigenvalue weighted by molar-refractivity contribution is 9.10. The molecular weight excluding hydrogens is 322 g/mol. The lowest BCUT2D eigenvalue weighted by Gasteiger charge is -2.19. The zero-order valence-corrected chi connectivity index (χ0v) is 11.6. The summed E-state index contributed by atoms with van der Waals surface area (Å²) in [5.41, 5.74) is 9.91. The summed E-state index contributed by atoms with van der Waals surface area (Å²) in [5.74, 6) is -0.545. The summed E-state index contributed by atoms with van der Waals surface area (Å²) in [5, 5.41) is 3.54. The Balaban J connectivity index is 2.39. The maximum Gasteiger partial charge on any atom is 0.195 e. The van der Waals surface area contributed by atoms with Gasteiger partial charge in [-0.1, -0.05) is 45.3 Å². The second-order valence-corrected chi connectivity index (χ2v) is 5.07. The van der Waals surface area contributed by atoms with Crippen LogP contribution in [0.5, 0.6) is 0 Å². The largest absolute Gasteiger partial charge is 0.289 e. The Morgan fingerprint density at radius 2 is 1.60 bits per heavy atom. The van der Waals surface area contributed by atoms with Gasteiger partial charge in [-0.25, -0.2) is 0 Å². The first kappa shape index (κ1) is 12.6. The number of carbonyl (C=O) groups is 2. The molecule has 96 valence electrons. The summed E-state index contributed by atoms with van der Waals surface area (Å²) in [6.07, 6.45) is 0. The van der Waals surface area contributed by atoms with Crippen LogP contribution in [0.2, 0.25) is 0 Å². The van der Waals surface area contributed by atoms with Crippen LogP contribution < -0.4 is 0 Å². The molecule has 20 heavy (non-hydrogen) atoms. The van der Waals surface area contributed by atoms with Gasteiger partial charge in [-0.15, -0.1) is 0 Å². The minimum absolute atomic E-state index is 0.151. The maximum atomic E-state index is 12.5. The van der Waals surface area contributed by atoms with E-state index in [-0.39, 0.29) is 28.4 Å². The van der Waals surface area contributed by atoms with E-state index in [4.69, 9.17) is 5.53 Å². The van der Waals surface area contributed by atoms with Crippen LogP contribution in [-0.4, -0.2) is 11.6 Å². The molecule has 5 nitrogen and oxygen atoms in total. The van der Waals surface area contributed by atoms with Gasteiger partial charge in [0.25, 0.3) is 0 Å². The van der Waals surface area contributed by atoms with Crippen molar-refractivity contribution in [3.05, 3.63) is 73.6 Å². The Hall–Kier alpha value is -2.43. The molecule has 1 aliphatic rings. The van der Waals surface area contributed by atoms with Gasteiger partial charge in [0.1, 0.15) is 0 Å². The standard InChI is InChI=1S/C14H6BrN3O2/c15-10-6-5-9-11(12(10)17-18-16)14(20)8-4-2-1-3-7(8)13(9)19/h1-6H. The van der Waals surface area contributed by atoms with Crippen molar-refractivity contribution in [2.45, 2.75) is 0 Å². The molecule has 0 N–H and O–H groups in total. The van der Waals surface area contributed by atoms with Gasteiger partial charge in [0.2, 0.25) is 0 Å². The Morgan fingerprint density at radius 3 is 2.25 bits per heavy atom. The van der Waals surface area contributed by atoms with Gasteiger partial charge in [-0.05, 0) is 17.7 Å². The van der Waals surface area contributed by atoms with Crippen LogP contribution in [0.1, 0.15) is 31.8 Å². The predicted molar refractivity (Wildman–Crippen MR) is 76.3 cm³/mol. The smallest absolute Gasteiger partial charge is 0.195 e. The lowest BCUT2D eigenvalue weighted by atomic mass is 9.83. The molecule has 0 aromatic heterocycles. The zero-order chi connectivity index (χ0) is 14.3. The highest BCUT2D eigenvalue weighted by Gasteiger charge is 2.31. The normalized spacial score (nSPS) is 12.4. The average Bonchev–Trinajstić information content (AvgIpc) is 2.47. The molecule has 0 spiro atoms. The number of ketones is 2. The summed E-state index contributed by atoms with van der Waals surface area (Å²) >= 11 is 3.24. The molecule has 0 amide bonds. The minimum atomic E-state index is -0.307. The highest BCUT2D eigenvalue weighted by atomic mass is 79.9. The van der Waals surface area contributed by atoms with Crippen LogP contribution in [0.4, 0.5) is 5.69 Å². The number of fused-ring (bicyclic) bond motifs is 2. The topological polar surface area (TPSA) is 82.9 Å². The van der Waals surface area contributed by atoms with E-state index in [0.29, 0.717) is 15.6 Å². The van der Waals surface area contributed by atoms with Crippen molar-refractivity contribution in [3.8, 4) is 0 Å². The number of hydrogen-bond acceptors (Lipinski definition) is 3. The SMILES string of the molecule is [N-]=[N+]=Nc1c(Br)ccc2c1C(=O)c1ccccc1C2=O. The number of azide groups is 1. The number of rotatable bonds is 1. The Kier molecular flexibility index (Phi) is 2.89. The van der Waals surface area contributed by atoms with Gasteiger partial charge in [0.05, 0.1) is 5.69 Å². The van der Waals surface area contributed by atoms with E-state index in [1.165, 1.54) is 0 Å². The fraction of sp³-hybridized carbons (Fsp3) is 0. The molecule has 2 aromatic rings. The molecule has 0 unspecified atom stereocenters. The fourth-order valence-corrected chi connectivity index (χ4v) is 2.70. The first-order valence-electron chi connectivity index (χ1n) is 5.71. The third kappa shape index (κ3) is 1.66. The van der Waals surface area contributed by atoms with Crippen molar-refractivity contribution < 1.29 is 9.59 Å². The van der Waals surface area contributed by atoms with E-state index in [9.17, 15) is 9.59 Å². The Bertz CT molecular complexity index is 823. The van der Waals surface area contributed by atoms with E-state index in [0.717, 1.165) is 0 Å². The van der Waals surface area contributed by atoms with E-state index in [2.05, 4.69) is 26.0 Å². The summed E-state index contributed by atoms with van der Waals surface area (Å²) in [6, 6.07) is 9.78. The van der Waals surface area contributed by atoms with Crippen molar-refractivity contribution >= 4 is 33.2 Å². The molecule has 0 heterocycles. The third-order valence-corrected chi connectivity index (χ3v) is 3.80. The first-order valence-corrected chi connectivity index (χ1v) is 6.50. The van der Waals surface area contributed by atoms with Crippen molar-refractivity contribution in [2.24, 2.45) is 5.11 Å². The van der Waals surface area contributed by atoms with Crippen molar-refractivity contribution in [3.63, 3.8) is 0 Å². The summed E-state index contributed by atoms with van der Waals surface area (Å²) < 4.78 is 0.481.